The third-order valence-electron chi connectivity index (χ3n) is 5.25. The van der Waals surface area contributed by atoms with E-state index in [2.05, 4.69) is 20.0 Å². The number of aromatic nitrogens is 2. The van der Waals surface area contributed by atoms with Gasteiger partial charge in [-0.25, -0.2) is 18.0 Å². The number of alkyl halides is 3. The molecule has 0 bridgehead atoms. The van der Waals surface area contributed by atoms with E-state index >= 15 is 0 Å². The van der Waals surface area contributed by atoms with Crippen LogP contribution in [0.4, 0.5) is 18.0 Å². The van der Waals surface area contributed by atoms with Crippen LogP contribution < -0.4 is 15.7 Å². The summed E-state index contributed by atoms with van der Waals surface area (Å²) in [7, 11) is -3.82. The molecule has 1 fully saturated rings. The summed E-state index contributed by atoms with van der Waals surface area (Å²) in [6.45, 7) is 0.569. The molecule has 182 valence electrons. The molecule has 1 saturated heterocycles. The quantitative estimate of drug-likeness (QED) is 0.495. The van der Waals surface area contributed by atoms with E-state index in [1.54, 1.807) is 0 Å². The third kappa shape index (κ3) is 5.34. The number of fused-ring (bicyclic) bond motifs is 1. The molecule has 2 aromatic carbocycles. The molecule has 0 unspecified atom stereocenters. The molecule has 34 heavy (non-hydrogen) atoms. The van der Waals surface area contributed by atoms with Gasteiger partial charge in [0.15, 0.2) is 0 Å². The number of carbonyl (C=O) groups is 1. The molecular formula is C20H20F3N5O5S. The van der Waals surface area contributed by atoms with Crippen LogP contribution in [-0.2, 0) is 16.6 Å². The number of nitrogens with one attached hydrogen (secondary N) is 3. The molecule has 14 heteroatoms. The van der Waals surface area contributed by atoms with Crippen molar-refractivity contribution in [2.45, 2.75) is 17.8 Å². The first-order valence-corrected chi connectivity index (χ1v) is 11.5. The van der Waals surface area contributed by atoms with E-state index in [1.807, 2.05) is 0 Å². The van der Waals surface area contributed by atoms with Crippen LogP contribution in [0, 0.1) is 0 Å². The zero-order chi connectivity index (χ0) is 24.5. The number of sulfonamides is 1. The Labute approximate surface area is 191 Å². The van der Waals surface area contributed by atoms with Gasteiger partial charge in [0.2, 0.25) is 10.0 Å². The number of nitrogens with zero attached hydrogens (tertiary/aromatic N) is 2. The zero-order valence-corrected chi connectivity index (χ0v) is 18.4. The topological polar surface area (TPSA) is 128 Å². The lowest BCUT2D eigenvalue weighted by Crippen LogP contribution is -2.52. The number of hydrogen-bond donors (Lipinski definition) is 3. The van der Waals surface area contributed by atoms with E-state index in [0.29, 0.717) is 16.6 Å². The molecule has 0 saturated carbocycles. The molecule has 3 aromatic rings. The lowest BCUT2D eigenvalue weighted by atomic mass is 10.2. The van der Waals surface area contributed by atoms with E-state index in [1.165, 1.54) is 39.5 Å². The van der Waals surface area contributed by atoms with Crippen molar-refractivity contribution >= 4 is 27.1 Å². The molecule has 2 amide bonds. The van der Waals surface area contributed by atoms with Gasteiger partial charge in [0.1, 0.15) is 5.75 Å². The summed E-state index contributed by atoms with van der Waals surface area (Å²) in [5.41, 5.74) is 1.01. The van der Waals surface area contributed by atoms with Gasteiger partial charge in [0.25, 0.3) is 0 Å². The lowest BCUT2D eigenvalue weighted by molar-refractivity contribution is -0.274. The number of aromatic amines is 2. The van der Waals surface area contributed by atoms with Crippen molar-refractivity contribution in [2.24, 2.45) is 0 Å². The van der Waals surface area contributed by atoms with Gasteiger partial charge in [-0.1, -0.05) is 12.1 Å². The molecule has 4 rings (SSSR count). The van der Waals surface area contributed by atoms with Crippen molar-refractivity contribution in [1.29, 1.82) is 0 Å². The average Bonchev–Trinajstić information content (AvgIpc) is 3.16. The van der Waals surface area contributed by atoms with Gasteiger partial charge < -0.3 is 24.9 Å². The number of benzene rings is 2. The summed E-state index contributed by atoms with van der Waals surface area (Å²) in [5.74, 6) is -0.359. The summed E-state index contributed by atoms with van der Waals surface area (Å²) in [4.78, 5) is 30.4. The van der Waals surface area contributed by atoms with E-state index in [9.17, 15) is 31.2 Å². The lowest BCUT2D eigenvalue weighted by Gasteiger charge is -2.34. The third-order valence-corrected chi connectivity index (χ3v) is 7.15. The molecule has 3 N–H and O–H groups in total. The highest BCUT2D eigenvalue weighted by Crippen LogP contribution is 2.23. The Bertz CT molecular complexity index is 1340. The summed E-state index contributed by atoms with van der Waals surface area (Å²) in [5, 5.41) is 2.66. The van der Waals surface area contributed by atoms with Crippen LogP contribution in [0.15, 0.2) is 52.2 Å². The fourth-order valence-corrected chi connectivity index (χ4v) is 5.00. The van der Waals surface area contributed by atoms with Gasteiger partial charge in [0.05, 0.1) is 15.9 Å². The normalized spacial score (nSPS) is 15.4. The highest BCUT2D eigenvalue weighted by atomic mass is 32.2. The summed E-state index contributed by atoms with van der Waals surface area (Å²) in [6.07, 6.45) is -4.78. The number of H-pyrrole nitrogens is 2. The maximum absolute atomic E-state index is 13.0. The Kier molecular flexibility index (Phi) is 6.27. The average molecular weight is 499 g/mol. The van der Waals surface area contributed by atoms with Gasteiger partial charge in [-0.15, -0.1) is 13.2 Å². The maximum Gasteiger partial charge on any atom is 0.573 e. The van der Waals surface area contributed by atoms with Crippen LogP contribution in [-0.4, -0.2) is 66.2 Å². The van der Waals surface area contributed by atoms with Gasteiger partial charge in [-0.2, -0.15) is 4.31 Å². The van der Waals surface area contributed by atoms with Crippen LogP contribution in [0.25, 0.3) is 11.0 Å². The monoisotopic (exact) mass is 499 g/mol. The Morgan fingerprint density at radius 2 is 1.65 bits per heavy atom. The predicted octanol–water partition coefficient (Wildman–Crippen LogP) is 1.97. The Morgan fingerprint density at radius 1 is 1.00 bits per heavy atom. The smallest absolute Gasteiger partial charge is 0.406 e. The van der Waals surface area contributed by atoms with Gasteiger partial charge in [-0.05, 0) is 35.9 Å². The second-order valence-electron chi connectivity index (χ2n) is 7.53. The van der Waals surface area contributed by atoms with E-state index < -0.39 is 28.1 Å². The fraction of sp³-hybridized carbons (Fsp3) is 0.300. The fourth-order valence-electron chi connectivity index (χ4n) is 3.55. The number of hydrogen-bond acceptors (Lipinski definition) is 5. The number of carbonyl (C=O) groups excluding carboxylic acids is 1. The van der Waals surface area contributed by atoms with E-state index in [-0.39, 0.29) is 43.4 Å². The van der Waals surface area contributed by atoms with Crippen LogP contribution in [0.3, 0.4) is 0 Å². The second-order valence-corrected chi connectivity index (χ2v) is 9.47. The van der Waals surface area contributed by atoms with E-state index in [4.69, 9.17) is 0 Å². The van der Waals surface area contributed by atoms with Crippen molar-refractivity contribution in [1.82, 2.24) is 24.5 Å². The number of piperazine rings is 1. The summed E-state index contributed by atoms with van der Waals surface area (Å²) >= 11 is 0. The number of amides is 2. The van der Waals surface area contributed by atoms with Gasteiger partial charge in [-0.3, -0.25) is 0 Å². The molecule has 0 atom stereocenters. The Balaban J connectivity index is 1.31. The van der Waals surface area contributed by atoms with Crippen LogP contribution in [0.2, 0.25) is 0 Å². The minimum atomic E-state index is -4.78. The molecule has 1 aliphatic heterocycles. The van der Waals surface area contributed by atoms with Crippen molar-refractivity contribution in [3.8, 4) is 5.75 Å². The molecule has 0 radical (unpaired) electrons. The maximum atomic E-state index is 13.0. The molecule has 0 spiro atoms. The first-order chi connectivity index (χ1) is 16.0. The van der Waals surface area contributed by atoms with Crippen molar-refractivity contribution in [3.05, 3.63) is 58.5 Å². The molecule has 10 nitrogen and oxygen atoms in total. The number of urea groups is 1. The SMILES string of the molecule is O=C(NCc1ccc(OC(F)(F)F)cc1)N1CCN(S(=O)(=O)c2ccc3[nH]c(=O)[nH]c3c2)CC1. The minimum Gasteiger partial charge on any atom is -0.406 e. The van der Waals surface area contributed by atoms with Gasteiger partial charge >= 0.3 is 18.1 Å². The molecule has 1 aliphatic rings. The van der Waals surface area contributed by atoms with E-state index in [0.717, 1.165) is 12.1 Å². The molecule has 1 aromatic heterocycles. The summed E-state index contributed by atoms with van der Waals surface area (Å²) in [6, 6.07) is 8.99. The number of rotatable bonds is 5. The summed E-state index contributed by atoms with van der Waals surface area (Å²) < 4.78 is 67.7. The number of ether oxygens (including phenoxy) is 1. The van der Waals surface area contributed by atoms with Crippen LogP contribution in [0.5, 0.6) is 5.75 Å². The molecule has 0 aliphatic carbocycles. The largest absolute Gasteiger partial charge is 0.573 e. The molecule has 2 heterocycles. The van der Waals surface area contributed by atoms with Crippen molar-refractivity contribution < 1.29 is 31.1 Å². The Hall–Kier alpha value is -3.52. The number of halogens is 3. The molecular weight excluding hydrogens is 479 g/mol. The minimum absolute atomic E-state index is 0.0334. The Morgan fingerprint density at radius 3 is 2.29 bits per heavy atom. The highest BCUT2D eigenvalue weighted by molar-refractivity contribution is 7.89. The van der Waals surface area contributed by atoms with Crippen LogP contribution >= 0.6 is 0 Å². The predicted molar refractivity (Wildman–Crippen MR) is 115 cm³/mol. The standard InChI is InChI=1S/C20H20F3N5O5S/c21-20(22,23)33-14-3-1-13(2-4-14)12-24-19(30)27-7-9-28(10-8-27)34(31,32)15-5-6-16-17(11-15)26-18(29)25-16/h1-6,11H,7-10,12H2,(H,24,30)(H2,25,26,29). The first-order valence-electron chi connectivity index (χ1n) is 10.1. The van der Waals surface area contributed by atoms with Crippen molar-refractivity contribution in [3.63, 3.8) is 0 Å². The van der Waals surface area contributed by atoms with Crippen LogP contribution in [0.1, 0.15) is 5.56 Å². The van der Waals surface area contributed by atoms with Crippen molar-refractivity contribution in [2.75, 3.05) is 26.2 Å². The number of imidazole rings is 1. The second kappa shape index (κ2) is 9.02. The zero-order valence-electron chi connectivity index (χ0n) is 17.6. The first kappa shape index (κ1) is 23.6. The van der Waals surface area contributed by atoms with Gasteiger partial charge in [0, 0.05) is 32.7 Å². The highest BCUT2D eigenvalue weighted by Gasteiger charge is 2.31.